The van der Waals surface area contributed by atoms with Crippen LogP contribution in [0, 0.1) is 34.5 Å². The molecule has 0 aliphatic heterocycles. The van der Waals surface area contributed by atoms with Crippen LogP contribution in [-0.2, 0) is 14.3 Å². The molecule has 0 aromatic rings. The van der Waals surface area contributed by atoms with Gasteiger partial charge in [-0.3, -0.25) is 9.59 Å². The summed E-state index contributed by atoms with van der Waals surface area (Å²) in [7, 11) is 1.52. The lowest BCUT2D eigenvalue weighted by Gasteiger charge is -2.55. The van der Waals surface area contributed by atoms with Crippen molar-refractivity contribution in [3.63, 3.8) is 0 Å². The summed E-state index contributed by atoms with van der Waals surface area (Å²) in [6.45, 7) is 4.68. The van der Waals surface area contributed by atoms with E-state index >= 15 is 0 Å². The first kappa shape index (κ1) is 16.1. The van der Waals surface area contributed by atoms with Crippen molar-refractivity contribution in [3.05, 3.63) is 23.8 Å². The highest BCUT2D eigenvalue weighted by molar-refractivity contribution is 5.92. The van der Waals surface area contributed by atoms with Crippen molar-refractivity contribution in [2.24, 2.45) is 34.5 Å². The normalized spacial score (nSPS) is 46.6. The Morgan fingerprint density at radius 2 is 1.96 bits per heavy atom. The Balaban J connectivity index is 1.70. The highest BCUT2D eigenvalue weighted by atomic mass is 16.5. The summed E-state index contributed by atoms with van der Waals surface area (Å²) in [6.07, 6.45) is 12.5. The largest absolute Gasteiger partial charge is 0.469 e. The van der Waals surface area contributed by atoms with Gasteiger partial charge in [-0.05, 0) is 72.3 Å². The lowest BCUT2D eigenvalue weighted by molar-refractivity contribution is -0.151. The minimum Gasteiger partial charge on any atom is -0.469 e. The van der Waals surface area contributed by atoms with E-state index in [4.69, 9.17) is 4.74 Å². The molecule has 0 aromatic heterocycles. The quantitative estimate of drug-likeness (QED) is 0.681. The molecule has 3 nitrogen and oxygen atoms in total. The molecule has 3 heteroatoms. The Labute approximate surface area is 144 Å². The third-order valence-corrected chi connectivity index (χ3v) is 8.00. The van der Waals surface area contributed by atoms with Gasteiger partial charge in [0.1, 0.15) is 0 Å². The second-order valence-electron chi connectivity index (χ2n) is 8.83. The van der Waals surface area contributed by atoms with Gasteiger partial charge in [-0.25, -0.2) is 0 Å². The molecular formula is C21H28O3. The van der Waals surface area contributed by atoms with E-state index in [1.807, 2.05) is 6.08 Å². The first-order valence-corrected chi connectivity index (χ1v) is 9.41. The molecule has 0 aromatic carbocycles. The van der Waals surface area contributed by atoms with E-state index in [0.717, 1.165) is 32.1 Å². The predicted octanol–water partition coefficient (Wildman–Crippen LogP) is 4.08. The Morgan fingerprint density at radius 1 is 1.17 bits per heavy atom. The van der Waals surface area contributed by atoms with E-state index in [9.17, 15) is 9.59 Å². The van der Waals surface area contributed by atoms with E-state index in [2.05, 4.69) is 26.0 Å². The molecule has 6 atom stereocenters. The molecule has 4 aliphatic rings. The fourth-order valence-electron chi connectivity index (χ4n) is 6.53. The number of esters is 1. The highest BCUT2D eigenvalue weighted by Crippen LogP contribution is 2.65. The maximum absolute atomic E-state index is 12.3. The molecule has 0 amide bonds. The van der Waals surface area contributed by atoms with Gasteiger partial charge in [0, 0.05) is 6.42 Å². The Hall–Kier alpha value is -1.38. The molecule has 0 bridgehead atoms. The second kappa shape index (κ2) is 5.31. The minimum atomic E-state index is -0.0201. The topological polar surface area (TPSA) is 43.4 Å². The first-order valence-electron chi connectivity index (χ1n) is 9.41. The van der Waals surface area contributed by atoms with Gasteiger partial charge in [0.15, 0.2) is 5.78 Å². The maximum atomic E-state index is 12.3. The number of ether oxygens (including phenoxy) is 1. The number of allylic oxidation sites excluding steroid dienone is 4. The predicted molar refractivity (Wildman–Crippen MR) is 92.1 cm³/mol. The van der Waals surface area contributed by atoms with Crippen molar-refractivity contribution >= 4 is 11.8 Å². The van der Waals surface area contributed by atoms with Crippen LogP contribution in [0.5, 0.6) is 0 Å². The van der Waals surface area contributed by atoms with Crippen LogP contribution in [0.15, 0.2) is 23.8 Å². The summed E-state index contributed by atoms with van der Waals surface area (Å²) in [5.41, 5.74) is 1.45. The van der Waals surface area contributed by atoms with Gasteiger partial charge in [0.2, 0.25) is 0 Å². The van der Waals surface area contributed by atoms with Gasteiger partial charge in [-0.2, -0.15) is 0 Å². The summed E-state index contributed by atoms with van der Waals surface area (Å²) in [4.78, 5) is 24.1. The average molecular weight is 328 g/mol. The molecule has 2 fully saturated rings. The monoisotopic (exact) mass is 328 g/mol. The Kier molecular flexibility index (Phi) is 3.56. The number of carbonyl (C=O) groups excluding carboxylic acids is 2. The number of rotatable bonds is 1. The fourth-order valence-corrected chi connectivity index (χ4v) is 6.53. The molecule has 0 spiro atoms. The molecular weight excluding hydrogens is 300 g/mol. The zero-order chi connectivity index (χ0) is 17.1. The highest BCUT2D eigenvalue weighted by Gasteiger charge is 2.59. The van der Waals surface area contributed by atoms with Crippen molar-refractivity contribution in [3.8, 4) is 0 Å². The van der Waals surface area contributed by atoms with E-state index in [1.54, 1.807) is 0 Å². The van der Waals surface area contributed by atoms with Crippen LogP contribution in [-0.4, -0.2) is 18.9 Å². The van der Waals surface area contributed by atoms with Crippen molar-refractivity contribution < 1.29 is 14.3 Å². The van der Waals surface area contributed by atoms with Gasteiger partial charge < -0.3 is 4.74 Å². The number of hydrogen-bond donors (Lipinski definition) is 0. The summed E-state index contributed by atoms with van der Waals surface area (Å²) >= 11 is 0. The average Bonchev–Trinajstić information content (AvgIpc) is 2.92. The van der Waals surface area contributed by atoms with E-state index in [0.29, 0.717) is 24.2 Å². The number of ketones is 1. The third-order valence-electron chi connectivity index (χ3n) is 8.00. The van der Waals surface area contributed by atoms with Crippen molar-refractivity contribution in [2.75, 3.05) is 7.11 Å². The van der Waals surface area contributed by atoms with Crippen molar-refractivity contribution in [1.29, 1.82) is 0 Å². The molecule has 0 N–H and O–H groups in total. The van der Waals surface area contributed by atoms with Gasteiger partial charge in [0.05, 0.1) is 13.0 Å². The molecule has 0 saturated heterocycles. The molecule has 1 unspecified atom stereocenters. The Bertz CT molecular complexity index is 645. The zero-order valence-corrected chi connectivity index (χ0v) is 15.0. The zero-order valence-electron chi connectivity index (χ0n) is 15.0. The van der Waals surface area contributed by atoms with Crippen LogP contribution in [0.25, 0.3) is 0 Å². The summed E-state index contributed by atoms with van der Waals surface area (Å²) in [5.74, 6) is 2.02. The standard InChI is InChI=1S/C21H28O3/c1-20-10-8-14(22)12-13(20)4-5-15-16-6-7-18(19(23)24-3)21(16,2)11-9-17(15)20/h4-5,12,15-18H,6-11H2,1-3H3/t15-,16-,17+,18?,20-,21-/m0/s1. The fraction of sp³-hybridized carbons (Fsp3) is 0.714. The van der Waals surface area contributed by atoms with Crippen LogP contribution >= 0.6 is 0 Å². The van der Waals surface area contributed by atoms with Crippen molar-refractivity contribution in [2.45, 2.75) is 52.4 Å². The van der Waals surface area contributed by atoms with Crippen LogP contribution in [0.1, 0.15) is 52.4 Å². The van der Waals surface area contributed by atoms with Crippen LogP contribution < -0.4 is 0 Å². The van der Waals surface area contributed by atoms with E-state index in [1.165, 1.54) is 12.7 Å². The number of carbonyl (C=O) groups is 2. The van der Waals surface area contributed by atoms with Crippen LogP contribution in [0.2, 0.25) is 0 Å². The Morgan fingerprint density at radius 3 is 2.71 bits per heavy atom. The van der Waals surface area contributed by atoms with Gasteiger partial charge >= 0.3 is 5.97 Å². The molecule has 24 heavy (non-hydrogen) atoms. The van der Waals surface area contributed by atoms with Gasteiger partial charge in [-0.1, -0.05) is 26.0 Å². The van der Waals surface area contributed by atoms with E-state index < -0.39 is 0 Å². The molecule has 2 saturated carbocycles. The molecule has 4 aliphatic carbocycles. The first-order chi connectivity index (χ1) is 11.4. The number of fused-ring (bicyclic) bond motifs is 5. The summed E-state index contributed by atoms with van der Waals surface area (Å²) < 4.78 is 5.10. The van der Waals surface area contributed by atoms with Gasteiger partial charge in [-0.15, -0.1) is 0 Å². The molecule has 0 heterocycles. The smallest absolute Gasteiger partial charge is 0.309 e. The SMILES string of the molecule is COC(=O)C1CC[C@H]2[C@@H]3C=CC4=CC(=O)CC[C@]4(C)[C@@H]3CC[C@]12C. The van der Waals surface area contributed by atoms with Crippen LogP contribution in [0.4, 0.5) is 0 Å². The second-order valence-corrected chi connectivity index (χ2v) is 8.83. The molecule has 130 valence electrons. The molecule has 4 rings (SSSR count). The van der Waals surface area contributed by atoms with E-state index in [-0.39, 0.29) is 28.5 Å². The molecule has 0 radical (unpaired) electrons. The number of hydrogen-bond acceptors (Lipinski definition) is 3. The summed E-state index contributed by atoms with van der Waals surface area (Å²) in [5, 5.41) is 0. The third kappa shape index (κ3) is 2.02. The number of methoxy groups -OCH3 is 1. The van der Waals surface area contributed by atoms with Crippen molar-refractivity contribution in [1.82, 2.24) is 0 Å². The minimum absolute atomic E-state index is 0.0201. The lowest BCUT2D eigenvalue weighted by atomic mass is 9.48. The maximum Gasteiger partial charge on any atom is 0.309 e. The van der Waals surface area contributed by atoms with Crippen LogP contribution in [0.3, 0.4) is 0 Å². The summed E-state index contributed by atoms with van der Waals surface area (Å²) in [6, 6.07) is 0. The lowest BCUT2D eigenvalue weighted by Crippen LogP contribution is -2.49. The van der Waals surface area contributed by atoms with Gasteiger partial charge in [0.25, 0.3) is 0 Å².